The zero-order chi connectivity index (χ0) is 29.7. The molecule has 2 aliphatic rings. The Morgan fingerprint density at radius 1 is 0.907 bits per heavy atom. The zero-order valence-electron chi connectivity index (χ0n) is 22.3. The molecule has 2 unspecified atom stereocenters. The number of hydrogen-bond acceptors (Lipinski definition) is 7. The Balaban J connectivity index is 1.21. The van der Waals surface area contributed by atoms with E-state index in [2.05, 4.69) is 10.3 Å². The lowest BCUT2D eigenvalue weighted by atomic mass is 9.82. The largest absolute Gasteiger partial charge is 0.483 e. The third-order valence-corrected chi connectivity index (χ3v) is 10.2. The number of nitrogens with zero attached hydrogens (tertiary/aromatic N) is 1. The van der Waals surface area contributed by atoms with Crippen LogP contribution in [0.3, 0.4) is 0 Å². The minimum Gasteiger partial charge on any atom is -0.483 e. The van der Waals surface area contributed by atoms with Crippen LogP contribution in [0.5, 0.6) is 5.75 Å². The number of carbonyl (C=O) groups is 3. The van der Waals surface area contributed by atoms with Crippen LogP contribution in [0, 0.1) is 5.92 Å². The lowest BCUT2D eigenvalue weighted by molar-refractivity contribution is -0.122. The second-order valence-corrected chi connectivity index (χ2v) is 12.7. The van der Waals surface area contributed by atoms with Crippen molar-refractivity contribution in [1.29, 1.82) is 0 Å². The van der Waals surface area contributed by atoms with Crippen molar-refractivity contribution in [1.82, 2.24) is 4.98 Å². The molecule has 0 aliphatic carbocycles. The van der Waals surface area contributed by atoms with Gasteiger partial charge in [0.05, 0.1) is 16.6 Å². The number of anilines is 2. The predicted molar refractivity (Wildman–Crippen MR) is 168 cm³/mol. The highest BCUT2D eigenvalue weighted by molar-refractivity contribution is 8.00. The third kappa shape index (κ3) is 4.91. The van der Waals surface area contributed by atoms with Crippen molar-refractivity contribution < 1.29 is 19.1 Å². The van der Waals surface area contributed by atoms with Gasteiger partial charge in [-0.25, -0.2) is 4.90 Å². The molecule has 1 aromatic heterocycles. The van der Waals surface area contributed by atoms with E-state index in [1.807, 2.05) is 54.6 Å². The number of thioether (sulfide) groups is 1. The smallest absolute Gasteiger partial charge is 0.305 e. The van der Waals surface area contributed by atoms with Gasteiger partial charge in [-0.1, -0.05) is 89.3 Å². The third-order valence-electron chi connectivity index (χ3n) is 7.59. The van der Waals surface area contributed by atoms with E-state index in [1.54, 1.807) is 36.4 Å². The van der Waals surface area contributed by atoms with Crippen molar-refractivity contribution >= 4 is 74.6 Å². The van der Waals surface area contributed by atoms with E-state index in [4.69, 9.17) is 16.3 Å². The van der Waals surface area contributed by atoms with Crippen molar-refractivity contribution in [3.8, 4) is 5.75 Å². The number of thiazole rings is 1. The molecule has 214 valence electrons. The van der Waals surface area contributed by atoms with Gasteiger partial charge in [-0.05, 0) is 41.8 Å². The summed E-state index contributed by atoms with van der Waals surface area (Å²) in [4.78, 5) is 57.6. The Kier molecular flexibility index (Phi) is 7.04. The molecule has 2 N–H and O–H groups in total. The SMILES string of the molecule is O=C(COc1ccccc1[C@H]1c2sc(=O)[nH]c2SC2C(=O)N(c3ccc(Cl)cc3)C(=O)C21)Nc1cccc2ccccc12. The number of aromatic nitrogens is 1. The monoisotopic (exact) mass is 627 g/mol. The highest BCUT2D eigenvalue weighted by Crippen LogP contribution is 2.54. The van der Waals surface area contributed by atoms with Crippen LogP contribution >= 0.6 is 34.7 Å². The van der Waals surface area contributed by atoms with Gasteiger partial charge >= 0.3 is 4.87 Å². The lowest BCUT2D eigenvalue weighted by Crippen LogP contribution is -2.32. The summed E-state index contributed by atoms with van der Waals surface area (Å²) in [5, 5.41) is 5.13. The molecule has 2 aliphatic heterocycles. The molecule has 11 heteroatoms. The number of nitrogens with one attached hydrogen (secondary N) is 2. The van der Waals surface area contributed by atoms with Crippen molar-refractivity contribution in [2.45, 2.75) is 16.2 Å². The Hall–Kier alpha value is -4.38. The normalized spacial score (nSPS) is 19.3. The van der Waals surface area contributed by atoms with Crippen LogP contribution in [-0.2, 0) is 14.4 Å². The van der Waals surface area contributed by atoms with E-state index < -0.39 is 17.1 Å². The predicted octanol–water partition coefficient (Wildman–Crippen LogP) is 6.06. The first kappa shape index (κ1) is 27.5. The summed E-state index contributed by atoms with van der Waals surface area (Å²) in [6.45, 7) is -0.282. The average molecular weight is 628 g/mol. The van der Waals surface area contributed by atoms with E-state index >= 15 is 0 Å². The summed E-state index contributed by atoms with van der Waals surface area (Å²) in [5.74, 6) is -2.13. The number of aromatic amines is 1. The van der Waals surface area contributed by atoms with Crippen LogP contribution in [0.1, 0.15) is 16.4 Å². The highest BCUT2D eigenvalue weighted by atomic mass is 35.5. The zero-order valence-corrected chi connectivity index (χ0v) is 24.7. The number of halogens is 1. The number of H-pyrrole nitrogens is 1. The molecule has 0 saturated carbocycles. The van der Waals surface area contributed by atoms with Gasteiger partial charge in [0.25, 0.3) is 5.91 Å². The van der Waals surface area contributed by atoms with E-state index in [9.17, 15) is 19.2 Å². The van der Waals surface area contributed by atoms with E-state index in [0.29, 0.717) is 37.6 Å². The van der Waals surface area contributed by atoms with E-state index in [-0.39, 0.29) is 29.2 Å². The molecule has 3 heterocycles. The van der Waals surface area contributed by atoms with Crippen LogP contribution in [0.25, 0.3) is 10.8 Å². The Labute approximate surface area is 258 Å². The standard InChI is InChI=1S/C32H22ClN3O5S2/c33-18-12-14-19(15-13-18)36-30(38)26-25(27-29(35-32(40)43-27)42-28(26)31(36)39)21-9-3-4-11-23(21)41-16-24(37)34-22-10-5-7-17-6-1-2-8-20(17)22/h1-15,25-26,28H,16H2,(H,34,37)(H,35,40)/t25-,26?,28?/m1/s1. The molecule has 1 fully saturated rings. The number of ether oxygens (including phenoxy) is 1. The fraction of sp³-hybridized carbons (Fsp3) is 0.125. The highest BCUT2D eigenvalue weighted by Gasteiger charge is 2.56. The van der Waals surface area contributed by atoms with E-state index in [0.717, 1.165) is 22.1 Å². The molecule has 0 radical (unpaired) electrons. The molecule has 7 rings (SSSR count). The first-order chi connectivity index (χ1) is 20.9. The lowest BCUT2D eigenvalue weighted by Gasteiger charge is -2.30. The van der Waals surface area contributed by atoms with Gasteiger partial charge < -0.3 is 15.0 Å². The van der Waals surface area contributed by atoms with E-state index in [1.165, 1.54) is 16.7 Å². The molecule has 5 aromatic rings. The van der Waals surface area contributed by atoms with Gasteiger partial charge in [0.2, 0.25) is 11.8 Å². The Morgan fingerprint density at radius 3 is 2.49 bits per heavy atom. The van der Waals surface area contributed by atoms with Gasteiger partial charge in [-0.2, -0.15) is 0 Å². The molecule has 8 nitrogen and oxygen atoms in total. The minimum atomic E-state index is -0.790. The number of carbonyl (C=O) groups excluding carboxylic acids is 3. The van der Waals surface area contributed by atoms with Crippen LogP contribution in [0.15, 0.2) is 101 Å². The Bertz CT molecular complexity index is 1970. The van der Waals surface area contributed by atoms with Crippen LogP contribution in [0.4, 0.5) is 11.4 Å². The van der Waals surface area contributed by atoms with Gasteiger partial charge in [0.15, 0.2) is 6.61 Å². The van der Waals surface area contributed by atoms with Gasteiger partial charge in [0.1, 0.15) is 11.0 Å². The van der Waals surface area contributed by atoms with Crippen LogP contribution in [-0.4, -0.2) is 34.6 Å². The summed E-state index contributed by atoms with van der Waals surface area (Å²) in [5.41, 5.74) is 1.72. The summed E-state index contributed by atoms with van der Waals surface area (Å²) in [7, 11) is 0. The molecule has 43 heavy (non-hydrogen) atoms. The maximum absolute atomic E-state index is 14.0. The molecule has 0 bridgehead atoms. The molecular formula is C32H22ClN3O5S2. The number of para-hydroxylation sites is 1. The fourth-order valence-electron chi connectivity index (χ4n) is 5.73. The molecule has 1 saturated heterocycles. The molecule has 3 amide bonds. The van der Waals surface area contributed by atoms with Gasteiger partial charge in [-0.15, -0.1) is 0 Å². The molecule has 4 aromatic carbocycles. The quantitative estimate of drug-likeness (QED) is 0.222. The number of rotatable bonds is 6. The fourth-order valence-corrected chi connectivity index (χ4v) is 8.36. The number of amides is 3. The summed E-state index contributed by atoms with van der Waals surface area (Å²) >= 11 is 8.26. The maximum atomic E-state index is 14.0. The number of imide groups is 1. The van der Waals surface area contributed by atoms with Crippen molar-refractivity contribution in [2.75, 3.05) is 16.8 Å². The summed E-state index contributed by atoms with van der Waals surface area (Å²) in [6, 6.07) is 27.1. The minimum absolute atomic E-state index is 0.273. The maximum Gasteiger partial charge on any atom is 0.305 e. The van der Waals surface area contributed by atoms with Crippen molar-refractivity contribution in [3.63, 3.8) is 0 Å². The second kappa shape index (κ2) is 11.0. The summed E-state index contributed by atoms with van der Waals surface area (Å²) in [6.07, 6.45) is 0. The molecular weight excluding hydrogens is 606 g/mol. The average Bonchev–Trinajstić information content (AvgIpc) is 3.51. The number of fused-ring (bicyclic) bond motifs is 3. The first-order valence-electron chi connectivity index (χ1n) is 13.4. The first-order valence-corrected chi connectivity index (χ1v) is 15.5. The summed E-state index contributed by atoms with van der Waals surface area (Å²) < 4.78 is 6.07. The Morgan fingerprint density at radius 2 is 1.65 bits per heavy atom. The van der Waals surface area contributed by atoms with Crippen molar-refractivity contribution in [3.05, 3.63) is 116 Å². The second-order valence-electron chi connectivity index (χ2n) is 10.1. The number of benzene rings is 4. The van der Waals surface area contributed by atoms with Crippen LogP contribution in [0.2, 0.25) is 5.02 Å². The molecule has 0 spiro atoms. The topological polar surface area (TPSA) is 109 Å². The van der Waals surface area contributed by atoms with Gasteiger partial charge in [0, 0.05) is 32.5 Å². The van der Waals surface area contributed by atoms with Crippen LogP contribution < -0.4 is 19.8 Å². The van der Waals surface area contributed by atoms with Crippen molar-refractivity contribution in [2.24, 2.45) is 5.92 Å². The van der Waals surface area contributed by atoms with Gasteiger partial charge in [-0.3, -0.25) is 19.2 Å². The molecule has 3 atom stereocenters. The number of hydrogen-bond donors (Lipinski definition) is 2.